The van der Waals surface area contributed by atoms with E-state index in [0.717, 1.165) is 31.5 Å². The van der Waals surface area contributed by atoms with Crippen molar-refractivity contribution in [2.24, 2.45) is 34.5 Å². The molecule has 0 amide bonds. The van der Waals surface area contributed by atoms with Crippen LogP contribution < -0.4 is 0 Å². The van der Waals surface area contributed by atoms with Crippen LogP contribution in [0.2, 0.25) is 0 Å². The lowest BCUT2D eigenvalue weighted by atomic mass is 9.46. The second-order valence-electron chi connectivity index (χ2n) is 11.7. The zero-order chi connectivity index (χ0) is 23.1. The van der Waals surface area contributed by atoms with Gasteiger partial charge in [0.15, 0.2) is 5.78 Å². The van der Waals surface area contributed by atoms with E-state index in [9.17, 15) is 20.1 Å². The van der Waals surface area contributed by atoms with Crippen LogP contribution in [-0.2, 0) is 4.79 Å². The van der Waals surface area contributed by atoms with Gasteiger partial charge in [0.2, 0.25) is 0 Å². The molecule has 0 unspecified atom stereocenters. The SMILES string of the molecule is C[C@@H]1C[C@H]2[C@@H]3CC(F)=C4C=C(N5CCCC5)CC[C@]4(C)[C@H]3[C@@H](O)C[C@]2(C)[C@@]1(O)C(=O)CO. The molecule has 5 rings (SSSR count). The molecule has 178 valence electrons. The van der Waals surface area contributed by atoms with Crippen molar-refractivity contribution >= 4 is 5.78 Å². The van der Waals surface area contributed by atoms with E-state index in [1.54, 1.807) is 0 Å². The number of nitrogens with zero attached hydrogens (tertiary/aromatic N) is 1. The lowest BCUT2D eigenvalue weighted by molar-refractivity contribution is -0.185. The van der Waals surface area contributed by atoms with Gasteiger partial charge in [-0.3, -0.25) is 4.79 Å². The molecule has 3 N–H and O–H groups in total. The fourth-order valence-corrected chi connectivity index (χ4v) is 8.82. The highest BCUT2D eigenvalue weighted by Crippen LogP contribution is 2.69. The van der Waals surface area contributed by atoms with Gasteiger partial charge in [0.1, 0.15) is 18.0 Å². The number of hydrogen-bond donors (Lipinski definition) is 3. The Kier molecular flexibility index (Phi) is 5.20. The zero-order valence-corrected chi connectivity index (χ0v) is 19.6. The molecule has 5 aliphatic rings. The van der Waals surface area contributed by atoms with Crippen LogP contribution in [0.3, 0.4) is 0 Å². The van der Waals surface area contributed by atoms with Crippen LogP contribution in [0.5, 0.6) is 0 Å². The molecule has 6 heteroatoms. The van der Waals surface area contributed by atoms with Crippen molar-refractivity contribution < 1.29 is 24.5 Å². The standard InChI is InChI=1S/C26H38FNO4/c1-15-10-18-17-12-20(27)19-11-16(28-8-4-5-9-28)6-7-24(19,2)23(17)21(30)13-25(18,3)26(15,32)22(31)14-29/h11,15,17-18,21,23,29-30,32H,4-10,12-14H2,1-3H3/t15-,17+,18+,21+,23-,24+,25+,26+/m1/s1. The molecule has 1 heterocycles. The van der Waals surface area contributed by atoms with Gasteiger partial charge in [-0.2, -0.15) is 0 Å². The van der Waals surface area contributed by atoms with E-state index in [4.69, 9.17) is 0 Å². The summed E-state index contributed by atoms with van der Waals surface area (Å²) in [6.07, 6.45) is 6.61. The third kappa shape index (κ3) is 2.75. The van der Waals surface area contributed by atoms with Crippen LogP contribution in [0.25, 0.3) is 0 Å². The highest BCUT2D eigenvalue weighted by molar-refractivity contribution is 5.90. The molecule has 0 radical (unpaired) electrons. The Bertz CT molecular complexity index is 879. The van der Waals surface area contributed by atoms with E-state index < -0.39 is 34.9 Å². The van der Waals surface area contributed by atoms with Gasteiger partial charge < -0.3 is 20.2 Å². The van der Waals surface area contributed by atoms with Crippen LogP contribution in [0, 0.1) is 34.5 Å². The first kappa shape index (κ1) is 22.5. The molecule has 0 spiro atoms. The molecule has 8 atom stereocenters. The minimum atomic E-state index is -1.69. The first-order valence-electron chi connectivity index (χ1n) is 12.5. The summed E-state index contributed by atoms with van der Waals surface area (Å²) in [4.78, 5) is 15.1. The average Bonchev–Trinajstić information content (AvgIpc) is 3.35. The van der Waals surface area contributed by atoms with Crippen molar-refractivity contribution in [1.82, 2.24) is 4.90 Å². The minimum Gasteiger partial charge on any atom is -0.393 e. The number of allylic oxidation sites excluding steroid dienone is 4. The van der Waals surface area contributed by atoms with Gasteiger partial charge in [0.25, 0.3) is 0 Å². The van der Waals surface area contributed by atoms with Gasteiger partial charge in [0, 0.05) is 36.0 Å². The highest BCUT2D eigenvalue weighted by atomic mass is 19.1. The molecule has 0 aromatic carbocycles. The first-order chi connectivity index (χ1) is 15.1. The summed E-state index contributed by atoms with van der Waals surface area (Å²) in [5, 5.41) is 32.6. The van der Waals surface area contributed by atoms with Crippen LogP contribution in [0.4, 0.5) is 4.39 Å². The molecular weight excluding hydrogens is 409 g/mol. The van der Waals surface area contributed by atoms with E-state index >= 15 is 4.39 Å². The number of hydrogen-bond acceptors (Lipinski definition) is 5. The fourth-order valence-electron chi connectivity index (χ4n) is 8.82. The number of ketones is 1. The maximum absolute atomic E-state index is 15.8. The van der Waals surface area contributed by atoms with Crippen molar-refractivity contribution in [3.63, 3.8) is 0 Å². The van der Waals surface area contributed by atoms with Gasteiger partial charge in [0.05, 0.1) is 6.10 Å². The molecular formula is C26H38FNO4. The number of carbonyl (C=O) groups is 1. The summed E-state index contributed by atoms with van der Waals surface area (Å²) < 4.78 is 15.8. The molecule has 5 nitrogen and oxygen atoms in total. The van der Waals surface area contributed by atoms with E-state index in [-0.39, 0.29) is 35.9 Å². The summed E-state index contributed by atoms with van der Waals surface area (Å²) in [5.41, 5.74) is -0.998. The number of Topliss-reactive ketones (excluding diaryl/α,β-unsaturated/α-hetero) is 1. The normalized spacial score (nSPS) is 48.3. The number of likely N-dealkylation sites (tertiary alicyclic amines) is 1. The molecule has 32 heavy (non-hydrogen) atoms. The Hall–Kier alpha value is -1.24. The van der Waals surface area contributed by atoms with E-state index in [1.165, 1.54) is 18.5 Å². The van der Waals surface area contributed by atoms with Gasteiger partial charge in [-0.25, -0.2) is 4.39 Å². The molecule has 4 aliphatic carbocycles. The van der Waals surface area contributed by atoms with Crippen LogP contribution in [-0.4, -0.2) is 57.4 Å². The topological polar surface area (TPSA) is 81.0 Å². The lowest BCUT2D eigenvalue weighted by Crippen LogP contribution is -2.62. The summed E-state index contributed by atoms with van der Waals surface area (Å²) in [5.74, 6) is -1.28. The third-order valence-electron chi connectivity index (χ3n) is 10.4. The van der Waals surface area contributed by atoms with Gasteiger partial charge in [-0.05, 0) is 73.8 Å². The van der Waals surface area contributed by atoms with Crippen LogP contribution in [0.15, 0.2) is 23.2 Å². The summed E-state index contributed by atoms with van der Waals surface area (Å²) in [7, 11) is 0. The summed E-state index contributed by atoms with van der Waals surface area (Å²) in [6, 6.07) is 0. The monoisotopic (exact) mass is 447 g/mol. The number of aliphatic hydroxyl groups is 3. The van der Waals surface area contributed by atoms with Gasteiger partial charge in [-0.15, -0.1) is 0 Å². The fraction of sp³-hybridized carbons (Fsp3) is 0.808. The number of halogens is 1. The van der Waals surface area contributed by atoms with Crippen LogP contribution in [0.1, 0.15) is 65.7 Å². The molecule has 3 fully saturated rings. The Balaban J connectivity index is 1.55. The Morgan fingerprint density at radius 3 is 2.62 bits per heavy atom. The van der Waals surface area contributed by atoms with Crippen molar-refractivity contribution in [3.8, 4) is 0 Å². The van der Waals surface area contributed by atoms with Gasteiger partial charge >= 0.3 is 0 Å². The Labute approximate surface area is 190 Å². The van der Waals surface area contributed by atoms with Crippen molar-refractivity contribution in [2.45, 2.75) is 77.4 Å². The molecule has 0 aromatic rings. The second kappa shape index (κ2) is 7.38. The predicted octanol–water partition coefficient (Wildman–Crippen LogP) is 3.35. The van der Waals surface area contributed by atoms with E-state index in [2.05, 4.69) is 17.9 Å². The first-order valence-corrected chi connectivity index (χ1v) is 12.5. The quantitative estimate of drug-likeness (QED) is 0.618. The number of carbonyl (C=O) groups excluding carboxylic acids is 1. The predicted molar refractivity (Wildman–Crippen MR) is 119 cm³/mol. The average molecular weight is 448 g/mol. The maximum Gasteiger partial charge on any atom is 0.190 e. The maximum atomic E-state index is 15.8. The second-order valence-corrected chi connectivity index (χ2v) is 11.7. The zero-order valence-electron chi connectivity index (χ0n) is 19.6. The molecule has 0 aromatic heterocycles. The minimum absolute atomic E-state index is 0.0699. The highest BCUT2D eigenvalue weighted by Gasteiger charge is 2.70. The third-order valence-corrected chi connectivity index (χ3v) is 10.4. The largest absolute Gasteiger partial charge is 0.393 e. The van der Waals surface area contributed by atoms with Crippen molar-refractivity contribution in [2.75, 3.05) is 19.7 Å². The number of aliphatic hydroxyl groups excluding tert-OH is 2. The van der Waals surface area contributed by atoms with Crippen LogP contribution >= 0.6 is 0 Å². The van der Waals surface area contributed by atoms with Crippen molar-refractivity contribution in [1.29, 1.82) is 0 Å². The van der Waals surface area contributed by atoms with E-state index in [1.807, 2.05) is 13.8 Å². The lowest BCUT2D eigenvalue weighted by Gasteiger charge is -2.60. The Morgan fingerprint density at radius 2 is 1.97 bits per heavy atom. The smallest absolute Gasteiger partial charge is 0.190 e. The van der Waals surface area contributed by atoms with Gasteiger partial charge in [-0.1, -0.05) is 20.8 Å². The summed E-state index contributed by atoms with van der Waals surface area (Å²) >= 11 is 0. The number of rotatable bonds is 3. The number of fused-ring (bicyclic) bond motifs is 5. The molecule has 1 aliphatic heterocycles. The summed E-state index contributed by atoms with van der Waals surface area (Å²) in [6.45, 7) is 7.22. The van der Waals surface area contributed by atoms with E-state index in [0.29, 0.717) is 12.8 Å². The molecule has 2 saturated carbocycles. The molecule has 0 bridgehead atoms. The van der Waals surface area contributed by atoms with Crippen molar-refractivity contribution in [3.05, 3.63) is 23.2 Å². The Morgan fingerprint density at radius 1 is 1.28 bits per heavy atom. The molecule has 1 saturated heterocycles.